The Bertz CT molecular complexity index is 391. The molecule has 0 atom stereocenters. The molecule has 0 bridgehead atoms. The van der Waals surface area contributed by atoms with Gasteiger partial charge in [-0.15, -0.1) is 5.73 Å². The van der Waals surface area contributed by atoms with Gasteiger partial charge in [0.1, 0.15) is 5.82 Å². The standard InChI is InChI=1S/C9H10N4/c1-13-5-3-2-4-7-6-11-9(10)12-8(7)13/h2,5-6H,4H2,1H3,(H2,10,11,12). The number of nitrogen functional groups attached to an aromatic ring is 1. The zero-order chi connectivity index (χ0) is 9.26. The molecular weight excluding hydrogens is 164 g/mol. The zero-order valence-corrected chi connectivity index (χ0v) is 7.36. The lowest BCUT2D eigenvalue weighted by Crippen LogP contribution is -2.12. The molecule has 0 saturated carbocycles. The number of fused-ring (bicyclic) bond motifs is 1. The van der Waals surface area contributed by atoms with Gasteiger partial charge in [0.2, 0.25) is 5.95 Å². The second-order valence-electron chi connectivity index (χ2n) is 2.89. The molecule has 2 heterocycles. The average molecular weight is 174 g/mol. The van der Waals surface area contributed by atoms with Crippen LogP contribution in [-0.2, 0) is 6.42 Å². The Morgan fingerprint density at radius 2 is 2.46 bits per heavy atom. The fourth-order valence-electron chi connectivity index (χ4n) is 1.25. The van der Waals surface area contributed by atoms with Crippen molar-refractivity contribution < 1.29 is 0 Å². The van der Waals surface area contributed by atoms with Crippen molar-refractivity contribution in [2.24, 2.45) is 0 Å². The number of anilines is 2. The fraction of sp³-hybridized carbons (Fsp3) is 0.222. The second kappa shape index (κ2) is 2.92. The Morgan fingerprint density at radius 3 is 3.31 bits per heavy atom. The lowest BCUT2D eigenvalue weighted by atomic mass is 10.2. The van der Waals surface area contributed by atoms with E-state index in [1.54, 1.807) is 6.20 Å². The molecule has 1 aliphatic rings. The predicted molar refractivity (Wildman–Crippen MR) is 51.2 cm³/mol. The van der Waals surface area contributed by atoms with Crippen molar-refractivity contribution >= 4 is 11.8 Å². The van der Waals surface area contributed by atoms with Crippen LogP contribution >= 0.6 is 0 Å². The highest BCUT2D eigenvalue weighted by Crippen LogP contribution is 2.19. The topological polar surface area (TPSA) is 55.0 Å². The average Bonchev–Trinajstić information content (AvgIpc) is 2.29. The van der Waals surface area contributed by atoms with E-state index in [0.717, 1.165) is 17.8 Å². The summed E-state index contributed by atoms with van der Waals surface area (Å²) in [6, 6.07) is 0. The Balaban J connectivity index is 2.55. The van der Waals surface area contributed by atoms with Crippen LogP contribution in [-0.4, -0.2) is 17.0 Å². The van der Waals surface area contributed by atoms with Crippen LogP contribution < -0.4 is 10.6 Å². The minimum absolute atomic E-state index is 0.306. The van der Waals surface area contributed by atoms with Crippen LogP contribution in [0.25, 0.3) is 0 Å². The molecule has 0 fully saturated rings. The molecule has 0 aliphatic carbocycles. The third-order valence-electron chi connectivity index (χ3n) is 1.90. The first-order valence-corrected chi connectivity index (χ1v) is 4.02. The molecule has 1 aliphatic heterocycles. The Morgan fingerprint density at radius 1 is 1.62 bits per heavy atom. The van der Waals surface area contributed by atoms with E-state index in [9.17, 15) is 0 Å². The van der Waals surface area contributed by atoms with Crippen molar-refractivity contribution in [1.82, 2.24) is 9.97 Å². The third-order valence-corrected chi connectivity index (χ3v) is 1.90. The highest BCUT2D eigenvalue weighted by atomic mass is 15.2. The van der Waals surface area contributed by atoms with Gasteiger partial charge in [0, 0.05) is 31.4 Å². The lowest BCUT2D eigenvalue weighted by Gasteiger charge is -2.13. The Hall–Kier alpha value is -1.80. The molecule has 13 heavy (non-hydrogen) atoms. The lowest BCUT2D eigenvalue weighted by molar-refractivity contribution is 1.05. The maximum absolute atomic E-state index is 5.50. The molecule has 0 aromatic carbocycles. The van der Waals surface area contributed by atoms with Gasteiger partial charge >= 0.3 is 0 Å². The van der Waals surface area contributed by atoms with Gasteiger partial charge in [0.25, 0.3) is 0 Å². The van der Waals surface area contributed by atoms with Gasteiger partial charge in [0.05, 0.1) is 0 Å². The Kier molecular flexibility index (Phi) is 1.76. The van der Waals surface area contributed by atoms with Crippen LogP contribution in [0.1, 0.15) is 5.56 Å². The summed E-state index contributed by atoms with van der Waals surface area (Å²) in [6.45, 7) is 0. The van der Waals surface area contributed by atoms with E-state index < -0.39 is 0 Å². The summed E-state index contributed by atoms with van der Waals surface area (Å²) >= 11 is 0. The molecular formula is C9H10N4. The molecule has 4 nitrogen and oxygen atoms in total. The van der Waals surface area contributed by atoms with Crippen molar-refractivity contribution in [3.05, 3.63) is 29.8 Å². The van der Waals surface area contributed by atoms with Gasteiger partial charge in [-0.1, -0.05) is 0 Å². The predicted octanol–water partition coefficient (Wildman–Crippen LogP) is 0.720. The molecule has 4 heteroatoms. The van der Waals surface area contributed by atoms with Gasteiger partial charge in [0.15, 0.2) is 0 Å². The molecule has 0 saturated heterocycles. The molecule has 0 spiro atoms. The van der Waals surface area contributed by atoms with Crippen molar-refractivity contribution in [2.75, 3.05) is 17.7 Å². The quantitative estimate of drug-likeness (QED) is 0.589. The van der Waals surface area contributed by atoms with E-state index in [0.29, 0.717) is 5.95 Å². The number of hydrogen-bond acceptors (Lipinski definition) is 4. The van der Waals surface area contributed by atoms with Crippen molar-refractivity contribution in [2.45, 2.75) is 6.42 Å². The van der Waals surface area contributed by atoms with Gasteiger partial charge in [-0.3, -0.25) is 0 Å². The zero-order valence-electron chi connectivity index (χ0n) is 7.36. The van der Waals surface area contributed by atoms with Gasteiger partial charge in [-0.05, 0) is 6.08 Å². The van der Waals surface area contributed by atoms with E-state index in [-0.39, 0.29) is 0 Å². The molecule has 1 aromatic rings. The summed E-state index contributed by atoms with van der Waals surface area (Å²) in [4.78, 5) is 9.99. The minimum Gasteiger partial charge on any atom is -0.368 e. The summed E-state index contributed by atoms with van der Waals surface area (Å²) in [5, 5.41) is 0. The second-order valence-corrected chi connectivity index (χ2v) is 2.89. The van der Waals surface area contributed by atoms with Crippen molar-refractivity contribution in [3.8, 4) is 0 Å². The maximum atomic E-state index is 5.50. The fourth-order valence-corrected chi connectivity index (χ4v) is 1.25. The number of rotatable bonds is 0. The first-order valence-electron chi connectivity index (χ1n) is 4.02. The summed E-state index contributed by atoms with van der Waals surface area (Å²) in [5.74, 6) is 1.16. The molecule has 2 N–H and O–H groups in total. The number of aromatic nitrogens is 2. The van der Waals surface area contributed by atoms with Gasteiger partial charge < -0.3 is 10.6 Å². The van der Waals surface area contributed by atoms with E-state index in [1.807, 2.05) is 24.2 Å². The Labute approximate surface area is 76.4 Å². The normalized spacial score (nSPS) is 14.1. The monoisotopic (exact) mass is 174 g/mol. The highest BCUT2D eigenvalue weighted by Gasteiger charge is 2.09. The van der Waals surface area contributed by atoms with Crippen molar-refractivity contribution in [3.63, 3.8) is 0 Å². The first-order chi connectivity index (χ1) is 6.27. The number of nitrogens with zero attached hydrogens (tertiary/aromatic N) is 3. The van der Waals surface area contributed by atoms with Crippen LogP contribution in [0.3, 0.4) is 0 Å². The summed E-state index contributed by atoms with van der Waals surface area (Å²) in [7, 11) is 1.91. The molecule has 0 amide bonds. The third kappa shape index (κ3) is 1.39. The van der Waals surface area contributed by atoms with Gasteiger partial charge in [-0.2, -0.15) is 4.98 Å². The largest absolute Gasteiger partial charge is 0.368 e. The van der Waals surface area contributed by atoms with Crippen molar-refractivity contribution in [1.29, 1.82) is 0 Å². The highest BCUT2D eigenvalue weighted by molar-refractivity contribution is 5.51. The first kappa shape index (κ1) is 7.83. The van der Waals surface area contributed by atoms with Crippen LogP contribution in [0.4, 0.5) is 11.8 Å². The molecule has 1 aromatic heterocycles. The minimum atomic E-state index is 0.306. The van der Waals surface area contributed by atoms with Crippen LogP contribution in [0.5, 0.6) is 0 Å². The van der Waals surface area contributed by atoms with E-state index >= 15 is 0 Å². The van der Waals surface area contributed by atoms with Crippen LogP contribution in [0.15, 0.2) is 24.2 Å². The molecule has 2 rings (SSSR count). The number of nitrogens with two attached hydrogens (primary N) is 1. The molecule has 0 unspecified atom stereocenters. The molecule has 66 valence electrons. The number of hydrogen-bond donors (Lipinski definition) is 1. The van der Waals surface area contributed by atoms with E-state index in [4.69, 9.17) is 5.73 Å². The van der Waals surface area contributed by atoms with E-state index in [1.165, 1.54) is 0 Å². The summed E-state index contributed by atoms with van der Waals surface area (Å²) in [6.07, 6.45) is 6.34. The number of allylic oxidation sites excluding steroid dienone is 1. The summed E-state index contributed by atoms with van der Waals surface area (Å²) < 4.78 is 0. The van der Waals surface area contributed by atoms with Crippen LogP contribution in [0.2, 0.25) is 0 Å². The van der Waals surface area contributed by atoms with Crippen LogP contribution in [0, 0.1) is 0 Å². The molecule has 0 radical (unpaired) electrons. The van der Waals surface area contributed by atoms with Gasteiger partial charge in [-0.25, -0.2) is 4.98 Å². The SMILES string of the molecule is CN1C=C=CCc2cnc(N)nc21. The summed E-state index contributed by atoms with van der Waals surface area (Å²) in [5.41, 5.74) is 9.60. The van der Waals surface area contributed by atoms with E-state index in [2.05, 4.69) is 15.7 Å². The maximum Gasteiger partial charge on any atom is 0.221 e. The smallest absolute Gasteiger partial charge is 0.221 e.